The first-order chi connectivity index (χ1) is 8.50. The summed E-state index contributed by atoms with van der Waals surface area (Å²) in [6.45, 7) is 0.386. The van der Waals surface area contributed by atoms with E-state index in [1.165, 1.54) is 17.0 Å². The van der Waals surface area contributed by atoms with E-state index in [9.17, 15) is 14.7 Å². The number of hydrogen-bond acceptors (Lipinski definition) is 4. The molecule has 1 aliphatic rings. The van der Waals surface area contributed by atoms with E-state index in [0.29, 0.717) is 19.4 Å². The zero-order valence-corrected chi connectivity index (χ0v) is 9.54. The molecule has 0 aromatic heterocycles. The van der Waals surface area contributed by atoms with Crippen LogP contribution in [0.1, 0.15) is 23.2 Å². The number of carboxylic acid groups (broad SMARTS) is 1. The van der Waals surface area contributed by atoms with E-state index in [1.807, 2.05) is 0 Å². The summed E-state index contributed by atoms with van der Waals surface area (Å²) in [7, 11) is 0. The van der Waals surface area contributed by atoms with Gasteiger partial charge in [-0.05, 0) is 31.0 Å². The van der Waals surface area contributed by atoms with Gasteiger partial charge in [-0.15, -0.1) is 0 Å². The quantitative estimate of drug-likeness (QED) is 0.675. The number of likely N-dealkylation sites (tertiary alicyclic amines) is 1. The molecular formula is C12H13NO5. The van der Waals surface area contributed by atoms with Crippen LogP contribution in [-0.4, -0.2) is 44.7 Å². The first-order valence-corrected chi connectivity index (χ1v) is 5.56. The molecule has 1 aliphatic heterocycles. The van der Waals surface area contributed by atoms with Crippen molar-refractivity contribution in [2.75, 3.05) is 6.54 Å². The second-order valence-corrected chi connectivity index (χ2v) is 4.20. The number of hydrogen-bond donors (Lipinski definition) is 3. The number of phenolic OH excluding ortho intramolecular Hbond substituents is 2. The van der Waals surface area contributed by atoms with Crippen molar-refractivity contribution in [2.45, 2.75) is 18.9 Å². The van der Waals surface area contributed by atoms with Gasteiger partial charge in [0.25, 0.3) is 5.91 Å². The highest BCUT2D eigenvalue weighted by Gasteiger charge is 2.34. The molecule has 1 unspecified atom stereocenters. The largest absolute Gasteiger partial charge is 0.504 e. The predicted octanol–water partition coefficient (Wildman–Crippen LogP) is 0.787. The molecule has 6 nitrogen and oxygen atoms in total. The number of rotatable bonds is 2. The molecule has 1 saturated heterocycles. The van der Waals surface area contributed by atoms with Crippen molar-refractivity contribution in [3.8, 4) is 11.5 Å². The number of carboxylic acids is 1. The Bertz CT molecular complexity index is 499. The predicted molar refractivity (Wildman–Crippen MR) is 61.5 cm³/mol. The fourth-order valence-corrected chi connectivity index (χ4v) is 2.09. The van der Waals surface area contributed by atoms with Crippen molar-refractivity contribution in [3.05, 3.63) is 23.8 Å². The van der Waals surface area contributed by atoms with Crippen LogP contribution in [0.4, 0.5) is 0 Å². The van der Waals surface area contributed by atoms with Gasteiger partial charge in [0.2, 0.25) is 0 Å². The average molecular weight is 251 g/mol. The van der Waals surface area contributed by atoms with E-state index in [4.69, 9.17) is 10.2 Å². The van der Waals surface area contributed by atoms with Crippen LogP contribution in [0.2, 0.25) is 0 Å². The van der Waals surface area contributed by atoms with Crippen LogP contribution in [0.25, 0.3) is 0 Å². The fraction of sp³-hybridized carbons (Fsp3) is 0.333. The molecule has 1 heterocycles. The summed E-state index contributed by atoms with van der Waals surface area (Å²) in [5.74, 6) is -2.19. The van der Waals surface area contributed by atoms with Gasteiger partial charge in [0.1, 0.15) is 6.04 Å². The van der Waals surface area contributed by atoms with E-state index >= 15 is 0 Å². The molecule has 2 rings (SSSR count). The topological polar surface area (TPSA) is 98.1 Å². The SMILES string of the molecule is O=C(O)C1CCCN1C(=O)c1ccc(O)c(O)c1. The minimum Gasteiger partial charge on any atom is -0.504 e. The van der Waals surface area contributed by atoms with Gasteiger partial charge in [-0.1, -0.05) is 0 Å². The van der Waals surface area contributed by atoms with Crippen LogP contribution in [0.3, 0.4) is 0 Å². The normalized spacial score (nSPS) is 18.9. The molecule has 3 N–H and O–H groups in total. The first-order valence-electron chi connectivity index (χ1n) is 5.56. The Morgan fingerprint density at radius 1 is 1.22 bits per heavy atom. The molecule has 0 saturated carbocycles. The lowest BCUT2D eigenvalue weighted by Crippen LogP contribution is -2.40. The van der Waals surface area contributed by atoms with Gasteiger partial charge in [-0.3, -0.25) is 4.79 Å². The molecule has 1 atom stereocenters. The van der Waals surface area contributed by atoms with E-state index < -0.39 is 23.7 Å². The minimum atomic E-state index is -1.02. The number of carbonyl (C=O) groups excluding carboxylic acids is 1. The number of nitrogens with zero attached hydrogens (tertiary/aromatic N) is 1. The molecule has 1 fully saturated rings. The molecule has 1 amide bonds. The zero-order valence-electron chi connectivity index (χ0n) is 9.54. The summed E-state index contributed by atoms with van der Waals surface area (Å²) in [5, 5.41) is 27.5. The maximum atomic E-state index is 12.1. The maximum absolute atomic E-state index is 12.1. The second kappa shape index (κ2) is 4.56. The Kier molecular flexibility index (Phi) is 3.10. The van der Waals surface area contributed by atoms with Crippen molar-refractivity contribution in [1.82, 2.24) is 4.90 Å². The van der Waals surface area contributed by atoms with E-state index in [2.05, 4.69) is 0 Å². The number of carbonyl (C=O) groups is 2. The Balaban J connectivity index is 2.25. The van der Waals surface area contributed by atoms with Crippen molar-refractivity contribution < 1.29 is 24.9 Å². The van der Waals surface area contributed by atoms with Crippen LogP contribution in [0.5, 0.6) is 11.5 Å². The van der Waals surface area contributed by atoms with E-state index in [0.717, 1.165) is 6.07 Å². The number of phenols is 2. The lowest BCUT2D eigenvalue weighted by Gasteiger charge is -2.21. The highest BCUT2D eigenvalue weighted by atomic mass is 16.4. The highest BCUT2D eigenvalue weighted by Crippen LogP contribution is 2.27. The van der Waals surface area contributed by atoms with Crippen LogP contribution in [-0.2, 0) is 4.79 Å². The van der Waals surface area contributed by atoms with Gasteiger partial charge in [0.15, 0.2) is 11.5 Å². The van der Waals surface area contributed by atoms with Crippen LogP contribution >= 0.6 is 0 Å². The second-order valence-electron chi connectivity index (χ2n) is 4.20. The summed E-state index contributed by atoms with van der Waals surface area (Å²) in [5.41, 5.74) is 0.165. The summed E-state index contributed by atoms with van der Waals surface area (Å²) < 4.78 is 0. The Labute approximate surface area is 103 Å². The molecule has 1 aromatic rings. The number of benzene rings is 1. The van der Waals surface area contributed by atoms with Crippen LogP contribution < -0.4 is 0 Å². The summed E-state index contributed by atoms with van der Waals surface area (Å²) in [6.07, 6.45) is 1.08. The summed E-state index contributed by atoms with van der Waals surface area (Å²) >= 11 is 0. The number of aromatic hydroxyl groups is 2. The van der Waals surface area contributed by atoms with Crippen molar-refractivity contribution in [2.24, 2.45) is 0 Å². The lowest BCUT2D eigenvalue weighted by molar-refractivity contribution is -0.141. The summed E-state index contributed by atoms with van der Waals surface area (Å²) in [4.78, 5) is 24.4. The molecule has 0 radical (unpaired) electrons. The minimum absolute atomic E-state index is 0.165. The van der Waals surface area contributed by atoms with Crippen molar-refractivity contribution >= 4 is 11.9 Å². The number of amides is 1. The van der Waals surface area contributed by atoms with E-state index in [1.54, 1.807) is 0 Å². The Hall–Kier alpha value is -2.24. The maximum Gasteiger partial charge on any atom is 0.326 e. The average Bonchev–Trinajstić information content (AvgIpc) is 2.81. The molecule has 0 bridgehead atoms. The Morgan fingerprint density at radius 3 is 2.56 bits per heavy atom. The lowest BCUT2D eigenvalue weighted by atomic mass is 10.1. The van der Waals surface area contributed by atoms with Gasteiger partial charge < -0.3 is 20.2 Å². The van der Waals surface area contributed by atoms with Crippen LogP contribution in [0.15, 0.2) is 18.2 Å². The van der Waals surface area contributed by atoms with Gasteiger partial charge in [0, 0.05) is 12.1 Å². The monoisotopic (exact) mass is 251 g/mol. The van der Waals surface area contributed by atoms with Crippen molar-refractivity contribution in [1.29, 1.82) is 0 Å². The van der Waals surface area contributed by atoms with Gasteiger partial charge in [-0.25, -0.2) is 4.79 Å². The number of aliphatic carboxylic acids is 1. The molecule has 0 aliphatic carbocycles. The van der Waals surface area contributed by atoms with Gasteiger partial charge >= 0.3 is 5.97 Å². The highest BCUT2D eigenvalue weighted by molar-refractivity contribution is 5.97. The molecule has 0 spiro atoms. The summed E-state index contributed by atoms with van der Waals surface area (Å²) in [6, 6.07) is 2.88. The third-order valence-corrected chi connectivity index (χ3v) is 3.02. The van der Waals surface area contributed by atoms with Gasteiger partial charge in [-0.2, -0.15) is 0 Å². The smallest absolute Gasteiger partial charge is 0.326 e. The molecule has 96 valence electrons. The van der Waals surface area contributed by atoms with Crippen molar-refractivity contribution in [3.63, 3.8) is 0 Å². The fourth-order valence-electron chi connectivity index (χ4n) is 2.09. The van der Waals surface area contributed by atoms with Crippen LogP contribution in [0, 0.1) is 0 Å². The molecule has 18 heavy (non-hydrogen) atoms. The third-order valence-electron chi connectivity index (χ3n) is 3.02. The Morgan fingerprint density at radius 2 is 1.94 bits per heavy atom. The molecule has 1 aromatic carbocycles. The van der Waals surface area contributed by atoms with E-state index in [-0.39, 0.29) is 11.3 Å². The van der Waals surface area contributed by atoms with Gasteiger partial charge in [0.05, 0.1) is 0 Å². The molecular weight excluding hydrogens is 238 g/mol. The zero-order chi connectivity index (χ0) is 13.3. The first kappa shape index (κ1) is 12.2. The molecule has 6 heteroatoms. The third kappa shape index (κ3) is 2.09. The standard InChI is InChI=1S/C12H13NO5/c14-9-4-3-7(6-10(9)15)11(16)13-5-1-2-8(13)12(17)18/h3-4,6,8,14-15H,1-2,5H2,(H,17,18).